The molecule has 0 bridgehead atoms. The number of thiol groups is 1. The number of hydrogen-bond acceptors (Lipinski definition) is 4. The summed E-state index contributed by atoms with van der Waals surface area (Å²) in [5.41, 5.74) is 6.67. The van der Waals surface area contributed by atoms with E-state index in [1.807, 2.05) is 12.1 Å². The summed E-state index contributed by atoms with van der Waals surface area (Å²) < 4.78 is 11.2. The Morgan fingerprint density at radius 2 is 2.00 bits per heavy atom. The SMILES string of the molecule is NCCCCc1cc(S)cc2c1OCCO2. The van der Waals surface area contributed by atoms with E-state index < -0.39 is 0 Å². The minimum atomic E-state index is 0.618. The molecule has 16 heavy (non-hydrogen) atoms. The van der Waals surface area contributed by atoms with E-state index in [0.717, 1.165) is 42.2 Å². The van der Waals surface area contributed by atoms with Gasteiger partial charge in [-0.2, -0.15) is 0 Å². The van der Waals surface area contributed by atoms with Gasteiger partial charge in [-0.25, -0.2) is 0 Å². The van der Waals surface area contributed by atoms with E-state index in [4.69, 9.17) is 15.2 Å². The van der Waals surface area contributed by atoms with Crippen molar-refractivity contribution in [3.63, 3.8) is 0 Å². The highest BCUT2D eigenvalue weighted by Gasteiger charge is 2.16. The number of aryl methyl sites for hydroxylation is 1. The van der Waals surface area contributed by atoms with Gasteiger partial charge in [0.25, 0.3) is 0 Å². The Morgan fingerprint density at radius 1 is 1.19 bits per heavy atom. The maximum absolute atomic E-state index is 5.65. The van der Waals surface area contributed by atoms with Crippen LogP contribution in [0.1, 0.15) is 18.4 Å². The summed E-state index contributed by atoms with van der Waals surface area (Å²) in [6.07, 6.45) is 3.08. The van der Waals surface area contributed by atoms with Crippen LogP contribution in [0.25, 0.3) is 0 Å². The third-order valence-corrected chi connectivity index (χ3v) is 2.86. The minimum Gasteiger partial charge on any atom is -0.486 e. The monoisotopic (exact) mass is 239 g/mol. The third-order valence-electron chi connectivity index (χ3n) is 2.60. The molecule has 1 aromatic rings. The van der Waals surface area contributed by atoms with Crippen LogP contribution in [0, 0.1) is 0 Å². The van der Waals surface area contributed by atoms with Crippen LogP contribution in [0.15, 0.2) is 17.0 Å². The molecule has 1 aliphatic heterocycles. The van der Waals surface area contributed by atoms with Crippen molar-refractivity contribution in [1.29, 1.82) is 0 Å². The molecule has 0 saturated heterocycles. The Balaban J connectivity index is 2.18. The molecule has 1 aliphatic rings. The number of ether oxygens (including phenoxy) is 2. The maximum Gasteiger partial charge on any atom is 0.164 e. The molecule has 0 unspecified atom stereocenters. The molecule has 4 heteroatoms. The second kappa shape index (κ2) is 5.46. The lowest BCUT2D eigenvalue weighted by molar-refractivity contribution is 0.169. The summed E-state index contributed by atoms with van der Waals surface area (Å²) in [4.78, 5) is 0.923. The van der Waals surface area contributed by atoms with Crippen molar-refractivity contribution in [2.45, 2.75) is 24.2 Å². The van der Waals surface area contributed by atoms with Crippen molar-refractivity contribution in [1.82, 2.24) is 0 Å². The highest BCUT2D eigenvalue weighted by Crippen LogP contribution is 2.36. The van der Waals surface area contributed by atoms with E-state index in [2.05, 4.69) is 12.6 Å². The van der Waals surface area contributed by atoms with Crippen LogP contribution in [0.3, 0.4) is 0 Å². The summed E-state index contributed by atoms with van der Waals surface area (Å²) in [7, 11) is 0. The lowest BCUT2D eigenvalue weighted by Crippen LogP contribution is -2.16. The van der Waals surface area contributed by atoms with Gasteiger partial charge in [-0.1, -0.05) is 0 Å². The Morgan fingerprint density at radius 3 is 2.81 bits per heavy atom. The van der Waals surface area contributed by atoms with Crippen LogP contribution in [0.2, 0.25) is 0 Å². The topological polar surface area (TPSA) is 44.5 Å². The third kappa shape index (κ3) is 2.62. The van der Waals surface area contributed by atoms with Gasteiger partial charge in [0.2, 0.25) is 0 Å². The molecule has 0 saturated carbocycles. The minimum absolute atomic E-state index is 0.618. The Kier molecular flexibility index (Phi) is 3.96. The number of benzene rings is 1. The van der Waals surface area contributed by atoms with E-state index in [1.54, 1.807) is 0 Å². The van der Waals surface area contributed by atoms with Crippen molar-refractivity contribution >= 4 is 12.6 Å². The standard InChI is InChI=1S/C12H17NO2S/c13-4-2-1-3-9-7-10(16)8-11-12(9)15-6-5-14-11/h7-8,16H,1-6,13H2. The van der Waals surface area contributed by atoms with Gasteiger partial charge in [-0.05, 0) is 43.5 Å². The zero-order valence-electron chi connectivity index (χ0n) is 9.24. The van der Waals surface area contributed by atoms with E-state index in [9.17, 15) is 0 Å². The Labute approximate surface area is 101 Å². The molecule has 0 aliphatic carbocycles. The summed E-state index contributed by atoms with van der Waals surface area (Å²) in [6, 6.07) is 3.96. The fraction of sp³-hybridized carbons (Fsp3) is 0.500. The highest BCUT2D eigenvalue weighted by molar-refractivity contribution is 7.80. The van der Waals surface area contributed by atoms with Crippen LogP contribution in [-0.2, 0) is 6.42 Å². The lowest BCUT2D eigenvalue weighted by atomic mass is 10.1. The maximum atomic E-state index is 5.65. The predicted molar refractivity (Wildman–Crippen MR) is 66.7 cm³/mol. The van der Waals surface area contributed by atoms with Crippen LogP contribution in [0.5, 0.6) is 11.5 Å². The molecule has 2 rings (SSSR count). The largest absolute Gasteiger partial charge is 0.486 e. The first-order valence-corrected chi connectivity index (χ1v) is 6.07. The number of rotatable bonds is 4. The second-order valence-corrected chi connectivity index (χ2v) is 4.39. The fourth-order valence-electron chi connectivity index (χ4n) is 1.86. The van der Waals surface area contributed by atoms with Gasteiger partial charge >= 0.3 is 0 Å². The molecule has 0 radical (unpaired) electrons. The highest BCUT2D eigenvalue weighted by atomic mass is 32.1. The van der Waals surface area contributed by atoms with Crippen molar-refractivity contribution in [2.24, 2.45) is 5.73 Å². The molecular formula is C12H17NO2S. The quantitative estimate of drug-likeness (QED) is 0.624. The molecule has 88 valence electrons. The van der Waals surface area contributed by atoms with Crippen LogP contribution < -0.4 is 15.2 Å². The number of unbranched alkanes of at least 4 members (excludes halogenated alkanes) is 1. The van der Waals surface area contributed by atoms with E-state index >= 15 is 0 Å². The van der Waals surface area contributed by atoms with E-state index in [1.165, 1.54) is 5.56 Å². The van der Waals surface area contributed by atoms with Gasteiger partial charge in [-0.15, -0.1) is 12.6 Å². The molecular weight excluding hydrogens is 222 g/mol. The first kappa shape index (κ1) is 11.6. The molecule has 0 amide bonds. The summed E-state index contributed by atoms with van der Waals surface area (Å²) in [6.45, 7) is 1.98. The van der Waals surface area contributed by atoms with Gasteiger partial charge < -0.3 is 15.2 Å². The molecule has 2 N–H and O–H groups in total. The van der Waals surface area contributed by atoms with Crippen LogP contribution in [0.4, 0.5) is 0 Å². The fourth-order valence-corrected chi connectivity index (χ4v) is 2.13. The summed E-state index contributed by atoms with van der Waals surface area (Å²) in [5, 5.41) is 0. The molecule has 0 spiro atoms. The van der Waals surface area contributed by atoms with Crippen molar-refractivity contribution in [3.8, 4) is 11.5 Å². The molecule has 0 fully saturated rings. The van der Waals surface area contributed by atoms with Gasteiger partial charge in [0.15, 0.2) is 11.5 Å². The molecule has 3 nitrogen and oxygen atoms in total. The normalized spacial score (nSPS) is 13.9. The van der Waals surface area contributed by atoms with E-state index in [-0.39, 0.29) is 0 Å². The van der Waals surface area contributed by atoms with Crippen molar-refractivity contribution in [3.05, 3.63) is 17.7 Å². The first-order valence-electron chi connectivity index (χ1n) is 5.63. The Hall–Kier alpha value is -0.870. The Bertz CT molecular complexity index is 368. The average molecular weight is 239 g/mol. The van der Waals surface area contributed by atoms with Gasteiger partial charge in [0, 0.05) is 4.90 Å². The smallest absolute Gasteiger partial charge is 0.164 e. The van der Waals surface area contributed by atoms with Gasteiger partial charge in [-0.3, -0.25) is 0 Å². The van der Waals surface area contributed by atoms with E-state index in [0.29, 0.717) is 13.2 Å². The molecule has 1 aromatic carbocycles. The zero-order chi connectivity index (χ0) is 11.4. The lowest BCUT2D eigenvalue weighted by Gasteiger charge is -2.21. The zero-order valence-corrected chi connectivity index (χ0v) is 10.1. The van der Waals surface area contributed by atoms with Crippen LogP contribution >= 0.6 is 12.6 Å². The summed E-state index contributed by atoms with van der Waals surface area (Å²) >= 11 is 4.37. The molecule has 0 aromatic heterocycles. The van der Waals surface area contributed by atoms with Gasteiger partial charge in [0.05, 0.1) is 0 Å². The van der Waals surface area contributed by atoms with Crippen LogP contribution in [-0.4, -0.2) is 19.8 Å². The first-order chi connectivity index (χ1) is 7.81. The number of fused-ring (bicyclic) bond motifs is 1. The average Bonchev–Trinajstić information content (AvgIpc) is 2.29. The summed E-state index contributed by atoms with van der Waals surface area (Å²) in [5.74, 6) is 1.71. The second-order valence-electron chi connectivity index (χ2n) is 3.87. The molecule has 1 heterocycles. The van der Waals surface area contributed by atoms with Crippen molar-refractivity contribution < 1.29 is 9.47 Å². The molecule has 0 atom stereocenters. The van der Waals surface area contributed by atoms with Gasteiger partial charge in [0.1, 0.15) is 13.2 Å². The number of nitrogens with two attached hydrogens (primary N) is 1. The number of hydrogen-bond donors (Lipinski definition) is 2. The predicted octanol–water partition coefficient (Wildman–Crippen LogP) is 2.03. The van der Waals surface area contributed by atoms with Crippen molar-refractivity contribution in [2.75, 3.05) is 19.8 Å².